The molecule has 0 amide bonds. The second-order valence-corrected chi connectivity index (χ2v) is 10.5. The van der Waals surface area contributed by atoms with Gasteiger partial charge in [-0.1, -0.05) is 75.6 Å². The fourth-order valence-corrected chi connectivity index (χ4v) is 5.46. The fraction of sp³-hybridized carbons (Fsp3) is 0.455. The average molecular weight is 519 g/mol. The molecule has 38 heavy (non-hydrogen) atoms. The van der Waals surface area contributed by atoms with E-state index >= 15 is 0 Å². The van der Waals surface area contributed by atoms with Crippen molar-refractivity contribution in [3.05, 3.63) is 95.8 Å². The number of unbranched alkanes of at least 4 members (excludes halogenated alkanes) is 2. The molecule has 5 heteroatoms. The molecule has 3 aromatic carbocycles. The zero-order chi connectivity index (χ0) is 26.8. The summed E-state index contributed by atoms with van der Waals surface area (Å²) >= 11 is 0. The molecule has 0 spiro atoms. The van der Waals surface area contributed by atoms with Crippen LogP contribution in [0.1, 0.15) is 63.0 Å². The smallest absolute Gasteiger partial charge is 0.123 e. The third-order valence-corrected chi connectivity index (χ3v) is 7.82. The quantitative estimate of drug-likeness (QED) is 0.248. The maximum Gasteiger partial charge on any atom is 0.123 e. The van der Waals surface area contributed by atoms with Gasteiger partial charge in [-0.05, 0) is 60.4 Å². The highest BCUT2D eigenvalue weighted by Crippen LogP contribution is 2.42. The molecule has 3 aromatic rings. The van der Waals surface area contributed by atoms with E-state index in [1.54, 1.807) is 0 Å². The van der Waals surface area contributed by atoms with Crippen LogP contribution in [0.25, 0.3) is 0 Å². The van der Waals surface area contributed by atoms with Gasteiger partial charge in [0, 0.05) is 44.3 Å². The van der Waals surface area contributed by atoms with Crippen LogP contribution in [-0.4, -0.2) is 49.3 Å². The second-order valence-electron chi connectivity index (χ2n) is 10.5. The van der Waals surface area contributed by atoms with E-state index in [0.29, 0.717) is 13.0 Å². The third-order valence-electron chi connectivity index (χ3n) is 7.82. The Labute approximate surface area is 228 Å². The molecule has 0 aromatic heterocycles. The van der Waals surface area contributed by atoms with Gasteiger partial charge >= 0.3 is 0 Å². The Morgan fingerprint density at radius 2 is 1.50 bits per heavy atom. The Morgan fingerprint density at radius 1 is 0.842 bits per heavy atom. The normalized spacial score (nSPS) is 16.7. The first-order valence-electron chi connectivity index (χ1n) is 14.3. The lowest BCUT2D eigenvalue weighted by molar-refractivity contribution is -0.0153. The zero-order valence-corrected chi connectivity index (χ0v) is 23.0. The summed E-state index contributed by atoms with van der Waals surface area (Å²) in [5, 5.41) is 12.5. The molecule has 2 atom stereocenters. The van der Waals surface area contributed by atoms with E-state index in [-0.39, 0.29) is 11.7 Å². The zero-order valence-electron chi connectivity index (χ0n) is 23.0. The molecule has 1 heterocycles. The van der Waals surface area contributed by atoms with Gasteiger partial charge in [-0.25, -0.2) is 4.39 Å². The first-order valence-corrected chi connectivity index (χ1v) is 14.3. The summed E-state index contributed by atoms with van der Waals surface area (Å²) in [6.45, 7) is 9.38. The minimum atomic E-state index is -0.993. The molecule has 1 aliphatic rings. The van der Waals surface area contributed by atoms with Gasteiger partial charge in [0.25, 0.3) is 0 Å². The van der Waals surface area contributed by atoms with Gasteiger partial charge in [0.2, 0.25) is 0 Å². The van der Waals surface area contributed by atoms with E-state index in [1.165, 1.54) is 12.1 Å². The molecule has 4 rings (SSSR count). The number of hydrogen-bond acceptors (Lipinski definition) is 4. The number of anilines is 1. The molecule has 1 N–H and O–H groups in total. The first kappa shape index (κ1) is 28.1. The molecular formula is C33H43FN2O2. The van der Waals surface area contributed by atoms with Crippen LogP contribution in [0.3, 0.4) is 0 Å². The minimum absolute atomic E-state index is 0.0699. The van der Waals surface area contributed by atoms with Gasteiger partial charge in [0.05, 0.1) is 12.2 Å². The second kappa shape index (κ2) is 13.8. The van der Waals surface area contributed by atoms with Gasteiger partial charge in [-0.3, -0.25) is 4.90 Å². The van der Waals surface area contributed by atoms with Crippen molar-refractivity contribution >= 4 is 5.69 Å². The van der Waals surface area contributed by atoms with Gasteiger partial charge < -0.3 is 14.7 Å². The van der Waals surface area contributed by atoms with Crippen LogP contribution >= 0.6 is 0 Å². The standard InChI is InChI=1S/C33H43FN2O2/c1-3-5-20-33(37,28-12-18-31(19-13-28)38-25-6-4-2)32(27-10-8-7-9-11-27)26-35-21-23-36(24-22-35)30-16-14-29(34)15-17-30/h7-19,32,37H,3-6,20-26H2,1-2H3/t32-,33-/m0/s1. The van der Waals surface area contributed by atoms with Crippen LogP contribution in [0.2, 0.25) is 0 Å². The van der Waals surface area contributed by atoms with Crippen LogP contribution in [0.5, 0.6) is 5.75 Å². The number of piperazine rings is 1. The molecule has 204 valence electrons. The van der Waals surface area contributed by atoms with E-state index in [9.17, 15) is 9.50 Å². The van der Waals surface area contributed by atoms with Crippen molar-refractivity contribution in [2.45, 2.75) is 57.5 Å². The highest BCUT2D eigenvalue weighted by molar-refractivity contribution is 5.46. The minimum Gasteiger partial charge on any atom is -0.494 e. The number of benzene rings is 3. The number of hydrogen-bond donors (Lipinski definition) is 1. The van der Waals surface area contributed by atoms with Crippen LogP contribution in [0, 0.1) is 5.82 Å². The summed E-state index contributed by atoms with van der Waals surface area (Å²) < 4.78 is 19.3. The van der Waals surface area contributed by atoms with Crippen molar-refractivity contribution in [2.75, 3.05) is 44.2 Å². The van der Waals surface area contributed by atoms with E-state index in [4.69, 9.17) is 4.74 Å². The SMILES string of the molecule is CCCCOc1ccc([C@@](O)(CCCC)[C@@H](CN2CCN(c3ccc(F)cc3)CC2)c2ccccc2)cc1. The number of halogens is 1. The summed E-state index contributed by atoms with van der Waals surface area (Å²) in [5.74, 6) is 0.581. The highest BCUT2D eigenvalue weighted by atomic mass is 19.1. The van der Waals surface area contributed by atoms with Crippen LogP contribution in [0.4, 0.5) is 10.1 Å². The molecule has 1 saturated heterocycles. The molecule has 0 bridgehead atoms. The number of aliphatic hydroxyl groups is 1. The molecule has 4 nitrogen and oxygen atoms in total. The molecule has 0 saturated carbocycles. The van der Waals surface area contributed by atoms with Crippen LogP contribution < -0.4 is 9.64 Å². The summed E-state index contributed by atoms with van der Waals surface area (Å²) in [5.41, 5.74) is 2.18. The van der Waals surface area contributed by atoms with E-state index in [1.807, 2.05) is 30.3 Å². The van der Waals surface area contributed by atoms with Crippen molar-refractivity contribution in [1.29, 1.82) is 0 Å². The molecule has 1 fully saturated rings. The van der Waals surface area contributed by atoms with E-state index in [2.05, 4.69) is 60.0 Å². The van der Waals surface area contributed by atoms with E-state index < -0.39 is 5.60 Å². The average Bonchev–Trinajstić information content (AvgIpc) is 2.96. The van der Waals surface area contributed by atoms with Gasteiger partial charge in [-0.2, -0.15) is 0 Å². The predicted molar refractivity (Wildman–Crippen MR) is 155 cm³/mol. The first-order chi connectivity index (χ1) is 18.5. The summed E-state index contributed by atoms with van der Waals surface area (Å²) in [4.78, 5) is 4.78. The Morgan fingerprint density at radius 3 is 2.13 bits per heavy atom. The van der Waals surface area contributed by atoms with Crippen molar-refractivity contribution < 1.29 is 14.2 Å². The van der Waals surface area contributed by atoms with Gasteiger partial charge in [0.1, 0.15) is 11.6 Å². The topological polar surface area (TPSA) is 35.9 Å². The maximum atomic E-state index is 13.4. The Bertz CT molecular complexity index is 1080. The van der Waals surface area contributed by atoms with Crippen molar-refractivity contribution in [3.63, 3.8) is 0 Å². The Hall–Kier alpha value is -2.89. The van der Waals surface area contributed by atoms with Crippen molar-refractivity contribution in [3.8, 4) is 5.75 Å². The molecular weight excluding hydrogens is 475 g/mol. The summed E-state index contributed by atoms with van der Waals surface area (Å²) in [6.07, 6.45) is 4.82. The number of ether oxygens (including phenoxy) is 1. The Balaban J connectivity index is 1.55. The molecule has 0 unspecified atom stereocenters. The molecule has 0 radical (unpaired) electrons. The van der Waals surface area contributed by atoms with Crippen molar-refractivity contribution in [2.24, 2.45) is 0 Å². The molecule has 0 aliphatic carbocycles. The van der Waals surface area contributed by atoms with E-state index in [0.717, 1.165) is 81.0 Å². The molecule has 1 aliphatic heterocycles. The number of rotatable bonds is 13. The summed E-state index contributed by atoms with van der Waals surface area (Å²) in [7, 11) is 0. The monoisotopic (exact) mass is 518 g/mol. The highest BCUT2D eigenvalue weighted by Gasteiger charge is 2.40. The number of nitrogens with zero attached hydrogens (tertiary/aromatic N) is 2. The third kappa shape index (κ3) is 7.15. The fourth-order valence-electron chi connectivity index (χ4n) is 5.46. The van der Waals surface area contributed by atoms with Crippen LogP contribution in [-0.2, 0) is 5.60 Å². The Kier molecular flexibility index (Phi) is 10.2. The lowest BCUT2D eigenvalue weighted by Crippen LogP contribution is -2.50. The van der Waals surface area contributed by atoms with Crippen LogP contribution in [0.15, 0.2) is 78.9 Å². The summed E-state index contributed by atoms with van der Waals surface area (Å²) in [6, 6.07) is 25.4. The lowest BCUT2D eigenvalue weighted by atomic mass is 9.74. The van der Waals surface area contributed by atoms with Gasteiger partial charge in [-0.15, -0.1) is 0 Å². The lowest BCUT2D eigenvalue weighted by Gasteiger charge is -2.43. The maximum absolute atomic E-state index is 13.4. The van der Waals surface area contributed by atoms with Gasteiger partial charge in [0.15, 0.2) is 0 Å². The van der Waals surface area contributed by atoms with Crippen molar-refractivity contribution in [1.82, 2.24) is 4.90 Å². The predicted octanol–water partition coefficient (Wildman–Crippen LogP) is 6.99. The largest absolute Gasteiger partial charge is 0.494 e.